The Kier molecular flexibility index (Phi) is 1.68. The predicted octanol–water partition coefficient (Wildman–Crippen LogP) is 2.61. The van der Waals surface area contributed by atoms with E-state index in [0.29, 0.717) is 5.92 Å². The number of fused-ring (bicyclic) bond motifs is 1. The van der Waals surface area contributed by atoms with Crippen molar-refractivity contribution in [3.8, 4) is 0 Å². The largest absolute Gasteiger partial charge is 0.316 e. The molecule has 0 atom stereocenters. The molecule has 2 aromatic rings. The van der Waals surface area contributed by atoms with Crippen molar-refractivity contribution in [2.45, 2.75) is 18.8 Å². The van der Waals surface area contributed by atoms with Crippen LogP contribution in [0.25, 0.3) is 11.2 Å². The van der Waals surface area contributed by atoms with Gasteiger partial charge in [0.2, 0.25) is 0 Å². The molecule has 2 heterocycles. The van der Waals surface area contributed by atoms with Gasteiger partial charge in [0.15, 0.2) is 5.65 Å². The second-order valence-corrected chi connectivity index (χ2v) is 4.62. The van der Waals surface area contributed by atoms with E-state index in [1.807, 2.05) is 19.3 Å². The maximum absolute atomic E-state index is 4.63. The van der Waals surface area contributed by atoms with Crippen LogP contribution in [0.5, 0.6) is 0 Å². The molecular weight excluding hydrogens is 242 g/mol. The van der Waals surface area contributed by atoms with Crippen LogP contribution in [0.1, 0.15) is 24.6 Å². The standard InChI is InChI=1S/C10H10BrN3/c1-14-9(6-2-3-6)13-8-7(11)4-5-12-10(8)14/h4-6H,2-3H2,1H3. The normalized spacial score (nSPS) is 16.4. The number of aryl methyl sites for hydroxylation is 1. The molecule has 72 valence electrons. The number of hydrogen-bond acceptors (Lipinski definition) is 2. The average Bonchev–Trinajstić information content (AvgIpc) is 2.94. The summed E-state index contributed by atoms with van der Waals surface area (Å²) in [4.78, 5) is 8.97. The van der Waals surface area contributed by atoms with E-state index in [1.165, 1.54) is 18.7 Å². The molecule has 1 aliphatic rings. The van der Waals surface area contributed by atoms with E-state index >= 15 is 0 Å². The molecule has 1 fully saturated rings. The van der Waals surface area contributed by atoms with Crippen LogP contribution in [0.2, 0.25) is 0 Å². The zero-order valence-corrected chi connectivity index (χ0v) is 9.45. The maximum Gasteiger partial charge on any atom is 0.160 e. The van der Waals surface area contributed by atoms with Gasteiger partial charge >= 0.3 is 0 Å². The summed E-state index contributed by atoms with van der Waals surface area (Å²) in [5, 5.41) is 0. The summed E-state index contributed by atoms with van der Waals surface area (Å²) in [6.07, 6.45) is 4.36. The fourth-order valence-electron chi connectivity index (χ4n) is 1.77. The first kappa shape index (κ1) is 8.41. The third kappa shape index (κ3) is 1.10. The van der Waals surface area contributed by atoms with E-state index in [-0.39, 0.29) is 0 Å². The maximum atomic E-state index is 4.63. The van der Waals surface area contributed by atoms with Crippen molar-refractivity contribution < 1.29 is 0 Å². The van der Waals surface area contributed by atoms with Crippen LogP contribution in [0, 0.1) is 0 Å². The van der Waals surface area contributed by atoms with Crippen LogP contribution < -0.4 is 0 Å². The van der Waals surface area contributed by atoms with Gasteiger partial charge in [-0.15, -0.1) is 0 Å². The molecule has 0 aromatic carbocycles. The number of rotatable bonds is 1. The molecule has 1 saturated carbocycles. The summed E-state index contributed by atoms with van der Waals surface area (Å²) >= 11 is 3.50. The van der Waals surface area contributed by atoms with Crippen molar-refractivity contribution in [3.05, 3.63) is 22.6 Å². The lowest BCUT2D eigenvalue weighted by Gasteiger charge is -1.97. The molecule has 0 spiro atoms. The van der Waals surface area contributed by atoms with Crippen molar-refractivity contribution in [2.24, 2.45) is 7.05 Å². The minimum Gasteiger partial charge on any atom is -0.316 e. The summed E-state index contributed by atoms with van der Waals surface area (Å²) in [5.41, 5.74) is 1.96. The molecule has 1 aliphatic carbocycles. The molecule has 0 amide bonds. The molecule has 3 nitrogen and oxygen atoms in total. The van der Waals surface area contributed by atoms with E-state index < -0.39 is 0 Å². The van der Waals surface area contributed by atoms with E-state index in [9.17, 15) is 0 Å². The number of halogens is 1. The van der Waals surface area contributed by atoms with E-state index in [1.54, 1.807) is 0 Å². The molecule has 0 aliphatic heterocycles. The Labute approximate surface area is 90.3 Å². The van der Waals surface area contributed by atoms with Crippen molar-refractivity contribution in [3.63, 3.8) is 0 Å². The van der Waals surface area contributed by atoms with Crippen LogP contribution in [0.4, 0.5) is 0 Å². The summed E-state index contributed by atoms with van der Waals surface area (Å²) < 4.78 is 3.14. The SMILES string of the molecule is Cn1c(C2CC2)nc2c(Br)ccnc21. The van der Waals surface area contributed by atoms with Gasteiger partial charge in [-0.1, -0.05) is 0 Å². The molecule has 0 radical (unpaired) electrons. The van der Waals surface area contributed by atoms with Crippen LogP contribution >= 0.6 is 15.9 Å². The van der Waals surface area contributed by atoms with Crippen molar-refractivity contribution in [2.75, 3.05) is 0 Å². The van der Waals surface area contributed by atoms with Gasteiger partial charge in [-0.2, -0.15) is 0 Å². The first-order valence-corrected chi connectivity index (χ1v) is 5.53. The Morgan fingerprint density at radius 3 is 2.93 bits per heavy atom. The highest BCUT2D eigenvalue weighted by atomic mass is 79.9. The minimum absolute atomic E-state index is 0.668. The molecule has 3 rings (SSSR count). The lowest BCUT2D eigenvalue weighted by atomic mass is 10.4. The Hall–Kier alpha value is -0.900. The Morgan fingerprint density at radius 1 is 1.50 bits per heavy atom. The van der Waals surface area contributed by atoms with Crippen LogP contribution in [0.15, 0.2) is 16.7 Å². The number of aromatic nitrogens is 3. The monoisotopic (exact) mass is 251 g/mol. The first-order valence-electron chi connectivity index (χ1n) is 4.74. The van der Waals surface area contributed by atoms with Gasteiger partial charge in [-0.05, 0) is 34.8 Å². The fraction of sp³-hybridized carbons (Fsp3) is 0.400. The summed E-state index contributed by atoms with van der Waals surface area (Å²) in [6, 6.07) is 1.94. The van der Waals surface area contributed by atoms with Gasteiger partial charge in [-0.3, -0.25) is 0 Å². The Bertz CT molecular complexity index is 499. The topological polar surface area (TPSA) is 30.7 Å². The molecule has 0 bridgehead atoms. The predicted molar refractivity (Wildman–Crippen MR) is 58.2 cm³/mol. The highest BCUT2D eigenvalue weighted by Gasteiger charge is 2.29. The van der Waals surface area contributed by atoms with Gasteiger partial charge in [0.25, 0.3) is 0 Å². The number of pyridine rings is 1. The van der Waals surface area contributed by atoms with Gasteiger partial charge in [0.1, 0.15) is 11.3 Å². The summed E-state index contributed by atoms with van der Waals surface area (Å²) in [5.74, 6) is 1.85. The summed E-state index contributed by atoms with van der Waals surface area (Å²) in [6.45, 7) is 0. The van der Waals surface area contributed by atoms with Crippen LogP contribution in [0.3, 0.4) is 0 Å². The van der Waals surface area contributed by atoms with Gasteiger partial charge < -0.3 is 4.57 Å². The van der Waals surface area contributed by atoms with E-state index in [4.69, 9.17) is 0 Å². The minimum atomic E-state index is 0.668. The molecule has 2 aromatic heterocycles. The second-order valence-electron chi connectivity index (χ2n) is 3.77. The Morgan fingerprint density at radius 2 is 2.29 bits per heavy atom. The van der Waals surface area contributed by atoms with E-state index in [2.05, 4.69) is 30.5 Å². The number of nitrogens with zero attached hydrogens (tertiary/aromatic N) is 3. The average molecular weight is 252 g/mol. The lowest BCUT2D eigenvalue weighted by molar-refractivity contribution is 0.812. The Balaban J connectivity index is 2.33. The molecule has 0 unspecified atom stereocenters. The van der Waals surface area contributed by atoms with Crippen molar-refractivity contribution >= 4 is 27.1 Å². The first-order chi connectivity index (χ1) is 6.77. The highest BCUT2D eigenvalue weighted by molar-refractivity contribution is 9.10. The fourth-order valence-corrected chi connectivity index (χ4v) is 2.16. The zero-order valence-electron chi connectivity index (χ0n) is 7.87. The van der Waals surface area contributed by atoms with Crippen LogP contribution in [-0.2, 0) is 7.05 Å². The third-order valence-corrected chi connectivity index (χ3v) is 3.33. The zero-order chi connectivity index (χ0) is 9.71. The van der Waals surface area contributed by atoms with Crippen molar-refractivity contribution in [1.82, 2.24) is 14.5 Å². The quantitative estimate of drug-likeness (QED) is 0.781. The molecule has 0 saturated heterocycles. The molecule has 0 N–H and O–H groups in total. The van der Waals surface area contributed by atoms with Crippen LogP contribution in [-0.4, -0.2) is 14.5 Å². The third-order valence-electron chi connectivity index (χ3n) is 2.69. The van der Waals surface area contributed by atoms with E-state index in [0.717, 1.165) is 15.6 Å². The molecular formula is C10H10BrN3. The molecule has 14 heavy (non-hydrogen) atoms. The number of hydrogen-bond donors (Lipinski definition) is 0. The van der Waals surface area contributed by atoms with Gasteiger partial charge in [0, 0.05) is 23.6 Å². The van der Waals surface area contributed by atoms with Gasteiger partial charge in [0.05, 0.1) is 0 Å². The summed E-state index contributed by atoms with van der Waals surface area (Å²) in [7, 11) is 2.04. The smallest absolute Gasteiger partial charge is 0.160 e. The van der Waals surface area contributed by atoms with Gasteiger partial charge in [-0.25, -0.2) is 9.97 Å². The van der Waals surface area contributed by atoms with Crippen molar-refractivity contribution in [1.29, 1.82) is 0 Å². The number of imidazole rings is 1. The second kappa shape index (κ2) is 2.79. The highest BCUT2D eigenvalue weighted by Crippen LogP contribution is 2.40. The molecule has 4 heteroatoms. The lowest BCUT2D eigenvalue weighted by Crippen LogP contribution is -1.95.